The molecule has 0 radical (unpaired) electrons. The molecule has 0 fully saturated rings. The molecule has 134 valence electrons. The number of amides is 1. The van der Waals surface area contributed by atoms with Gasteiger partial charge in [0, 0.05) is 9.77 Å². The van der Waals surface area contributed by atoms with Crippen LogP contribution in [0.5, 0.6) is 0 Å². The Kier molecular flexibility index (Phi) is 5.83. The molecule has 2 aromatic rings. The van der Waals surface area contributed by atoms with Crippen molar-refractivity contribution in [1.29, 1.82) is 0 Å². The smallest absolute Gasteiger partial charge is 0.249 e. The van der Waals surface area contributed by atoms with Gasteiger partial charge in [-0.25, -0.2) is 13.1 Å². The van der Waals surface area contributed by atoms with Crippen molar-refractivity contribution < 1.29 is 13.2 Å². The molecule has 0 saturated heterocycles. The Bertz CT molecular complexity index is 875. The van der Waals surface area contributed by atoms with Gasteiger partial charge in [0.15, 0.2) is 0 Å². The molecule has 1 aromatic heterocycles. The van der Waals surface area contributed by atoms with E-state index in [4.69, 9.17) is 0 Å². The van der Waals surface area contributed by atoms with Crippen LogP contribution in [0, 0.1) is 0 Å². The first-order valence-corrected chi connectivity index (χ1v) is 11.3. The third-order valence-electron chi connectivity index (χ3n) is 4.07. The summed E-state index contributed by atoms with van der Waals surface area (Å²) < 4.78 is 25.9. The van der Waals surface area contributed by atoms with Crippen molar-refractivity contribution in [2.45, 2.75) is 34.9 Å². The second-order valence-electron chi connectivity index (χ2n) is 5.78. The van der Waals surface area contributed by atoms with Gasteiger partial charge >= 0.3 is 0 Å². The minimum Gasteiger partial charge on any atom is -0.350 e. The van der Waals surface area contributed by atoms with E-state index in [2.05, 4.69) is 28.2 Å². The van der Waals surface area contributed by atoms with Crippen molar-refractivity contribution in [2.75, 3.05) is 12.8 Å². The van der Waals surface area contributed by atoms with E-state index >= 15 is 0 Å². The Hall–Kier alpha value is -1.35. The number of sulfonamides is 1. The molecule has 1 aliphatic carbocycles. The van der Waals surface area contributed by atoms with Crippen molar-refractivity contribution in [1.82, 2.24) is 10.0 Å². The van der Waals surface area contributed by atoms with Crippen molar-refractivity contribution in [3.8, 4) is 0 Å². The number of rotatable bonds is 7. The molecule has 0 atom stereocenters. The molecule has 25 heavy (non-hydrogen) atoms. The number of carbonyl (C=O) groups excluding carboxylic acids is 1. The van der Waals surface area contributed by atoms with Crippen LogP contribution < -0.4 is 10.0 Å². The van der Waals surface area contributed by atoms with Crippen molar-refractivity contribution in [2.24, 2.45) is 0 Å². The highest BCUT2D eigenvalue weighted by Crippen LogP contribution is 2.27. The lowest BCUT2D eigenvalue weighted by atomic mass is 10.1. The molecule has 1 amide bonds. The summed E-state index contributed by atoms with van der Waals surface area (Å²) in [5.41, 5.74) is 2.83. The van der Waals surface area contributed by atoms with Gasteiger partial charge in [0.2, 0.25) is 15.9 Å². The second-order valence-corrected chi connectivity index (χ2v) is 10.1. The van der Waals surface area contributed by atoms with Crippen molar-refractivity contribution in [3.63, 3.8) is 0 Å². The Labute approximate surface area is 156 Å². The monoisotopic (exact) mass is 396 g/mol. The molecule has 8 heteroatoms. The maximum absolute atomic E-state index is 12.0. The van der Waals surface area contributed by atoms with Gasteiger partial charge in [-0.1, -0.05) is 6.07 Å². The predicted molar refractivity (Wildman–Crippen MR) is 102 cm³/mol. The van der Waals surface area contributed by atoms with E-state index < -0.39 is 10.0 Å². The zero-order chi connectivity index (χ0) is 17.9. The number of fused-ring (bicyclic) bond motifs is 1. The van der Waals surface area contributed by atoms with Gasteiger partial charge in [0.1, 0.15) is 4.21 Å². The first kappa shape index (κ1) is 18.4. The third-order valence-corrected chi connectivity index (χ3v) is 8.06. The number of aryl methyl sites for hydroxylation is 2. The molecule has 1 aromatic carbocycles. The molecule has 3 rings (SSSR count). The molecule has 2 N–H and O–H groups in total. The predicted octanol–water partition coefficient (Wildman–Crippen LogP) is 2.55. The number of hydrogen-bond acceptors (Lipinski definition) is 5. The lowest BCUT2D eigenvalue weighted by Gasteiger charge is -2.06. The molecule has 0 aliphatic heterocycles. The molecular formula is C17H20N2O3S3. The van der Waals surface area contributed by atoms with Crippen LogP contribution in [-0.2, 0) is 34.2 Å². The average molecular weight is 397 g/mol. The summed E-state index contributed by atoms with van der Waals surface area (Å²) >= 11 is 2.69. The number of thiophene rings is 1. The van der Waals surface area contributed by atoms with Crippen LogP contribution >= 0.6 is 23.1 Å². The normalized spacial score (nSPS) is 13.6. The molecule has 5 nitrogen and oxygen atoms in total. The highest BCUT2D eigenvalue weighted by Gasteiger charge is 2.15. The summed E-state index contributed by atoms with van der Waals surface area (Å²) in [6.07, 6.45) is 3.51. The van der Waals surface area contributed by atoms with Crippen LogP contribution in [0.4, 0.5) is 0 Å². The van der Waals surface area contributed by atoms with Crippen molar-refractivity contribution in [3.05, 3.63) is 46.3 Å². The Morgan fingerprint density at radius 1 is 1.20 bits per heavy atom. The molecule has 0 saturated carbocycles. The zero-order valence-electron chi connectivity index (χ0n) is 13.9. The molecular weight excluding hydrogens is 376 g/mol. The number of nitrogens with one attached hydrogen (secondary N) is 2. The topological polar surface area (TPSA) is 75.3 Å². The first-order valence-electron chi connectivity index (χ1n) is 8.01. The summed E-state index contributed by atoms with van der Waals surface area (Å²) in [7, 11) is -2.03. The fourth-order valence-corrected chi connectivity index (χ4v) is 5.64. The summed E-state index contributed by atoms with van der Waals surface area (Å²) in [5, 5.41) is 2.84. The third kappa shape index (κ3) is 4.63. The summed E-state index contributed by atoms with van der Waals surface area (Å²) in [6.45, 7) is 0.341. The van der Waals surface area contributed by atoms with Crippen LogP contribution in [0.3, 0.4) is 0 Å². The fraction of sp³-hybridized carbons (Fsp3) is 0.353. The lowest BCUT2D eigenvalue weighted by Crippen LogP contribution is -2.24. The largest absolute Gasteiger partial charge is 0.350 e. The van der Waals surface area contributed by atoms with E-state index in [-0.39, 0.29) is 10.1 Å². The van der Waals surface area contributed by atoms with E-state index in [0.717, 1.165) is 34.0 Å². The molecule has 1 aliphatic rings. The van der Waals surface area contributed by atoms with Gasteiger partial charge < -0.3 is 5.32 Å². The van der Waals surface area contributed by atoms with Gasteiger partial charge in [-0.2, -0.15) is 0 Å². The van der Waals surface area contributed by atoms with E-state index in [1.54, 1.807) is 12.1 Å². The number of carbonyl (C=O) groups is 1. The van der Waals surface area contributed by atoms with Crippen LogP contribution in [0.2, 0.25) is 0 Å². The maximum Gasteiger partial charge on any atom is 0.249 e. The fourth-order valence-electron chi connectivity index (χ4n) is 2.72. The molecule has 1 heterocycles. The summed E-state index contributed by atoms with van der Waals surface area (Å²) in [5.74, 6) is 0.295. The van der Waals surface area contributed by atoms with Gasteiger partial charge in [0.05, 0.1) is 12.3 Å². The standard InChI is InChI=1S/C17H20N2O3S3/c1-18-25(21,22)17-8-7-15(24-17)10-19-16(20)11-23-14-6-5-12-3-2-4-13(12)9-14/h5-9,18H,2-4,10-11H2,1H3,(H,19,20). The van der Waals surface area contributed by atoms with Gasteiger partial charge in [-0.15, -0.1) is 23.1 Å². The molecule has 0 unspecified atom stereocenters. The quantitative estimate of drug-likeness (QED) is 0.706. The minimum absolute atomic E-state index is 0.0584. The van der Waals surface area contributed by atoms with Gasteiger partial charge in [-0.3, -0.25) is 4.79 Å². The maximum atomic E-state index is 12.0. The van der Waals surface area contributed by atoms with E-state index in [1.165, 1.54) is 36.4 Å². The highest BCUT2D eigenvalue weighted by molar-refractivity contribution is 8.00. The molecule has 0 spiro atoms. The van der Waals surface area contributed by atoms with E-state index in [9.17, 15) is 13.2 Å². The van der Waals surface area contributed by atoms with Crippen LogP contribution in [0.1, 0.15) is 22.4 Å². The zero-order valence-corrected chi connectivity index (χ0v) is 16.3. The lowest BCUT2D eigenvalue weighted by molar-refractivity contribution is -0.118. The van der Waals surface area contributed by atoms with Gasteiger partial charge in [0.25, 0.3) is 0 Å². The Morgan fingerprint density at radius 2 is 2.00 bits per heavy atom. The summed E-state index contributed by atoms with van der Waals surface area (Å²) in [6, 6.07) is 9.71. The number of thioether (sulfide) groups is 1. The Morgan fingerprint density at radius 3 is 2.80 bits per heavy atom. The second kappa shape index (κ2) is 7.90. The van der Waals surface area contributed by atoms with Crippen LogP contribution in [0.25, 0.3) is 0 Å². The minimum atomic E-state index is -3.42. The van der Waals surface area contributed by atoms with Crippen LogP contribution in [0.15, 0.2) is 39.4 Å². The number of benzene rings is 1. The average Bonchev–Trinajstić information content (AvgIpc) is 3.27. The number of hydrogen-bond donors (Lipinski definition) is 2. The highest BCUT2D eigenvalue weighted by atomic mass is 32.2. The van der Waals surface area contributed by atoms with E-state index in [0.29, 0.717) is 12.3 Å². The SMILES string of the molecule is CNS(=O)(=O)c1ccc(CNC(=O)CSc2ccc3c(c2)CCC3)s1. The molecule has 0 bridgehead atoms. The van der Waals surface area contributed by atoms with Gasteiger partial charge in [-0.05, 0) is 61.7 Å². The summed E-state index contributed by atoms with van der Waals surface area (Å²) in [4.78, 5) is 14.0. The van der Waals surface area contributed by atoms with Crippen molar-refractivity contribution >= 4 is 39.0 Å². The first-order chi connectivity index (χ1) is 12.0. The van der Waals surface area contributed by atoms with Crippen LogP contribution in [-0.4, -0.2) is 27.1 Å². The van der Waals surface area contributed by atoms with E-state index in [1.807, 2.05) is 0 Å². The Balaban J connectivity index is 1.48.